The van der Waals surface area contributed by atoms with Gasteiger partial charge in [-0.3, -0.25) is 4.99 Å². The molecule has 0 aliphatic carbocycles. The average molecular weight is 376 g/mol. The minimum absolute atomic E-state index is 0.167. The van der Waals surface area contributed by atoms with Gasteiger partial charge < -0.3 is 10.6 Å². The third kappa shape index (κ3) is 7.71. The number of aliphatic imine (C=N–C) groups is 1. The fourth-order valence-corrected chi connectivity index (χ4v) is 2.75. The smallest absolute Gasteiger partial charge is 0.190 e. The van der Waals surface area contributed by atoms with Gasteiger partial charge in [-0.1, -0.05) is 15.9 Å². The number of nitrogens with zero attached hydrogens (tertiary/aromatic N) is 1. The number of halogens is 2. The highest BCUT2D eigenvalue weighted by molar-refractivity contribution is 9.10. The number of rotatable bonds is 8. The van der Waals surface area contributed by atoms with Crippen LogP contribution in [0.5, 0.6) is 0 Å². The highest BCUT2D eigenvalue weighted by atomic mass is 79.9. The van der Waals surface area contributed by atoms with Gasteiger partial charge in [-0.25, -0.2) is 4.39 Å². The van der Waals surface area contributed by atoms with E-state index in [4.69, 9.17) is 0 Å². The minimum Gasteiger partial charge on any atom is -0.356 e. The lowest BCUT2D eigenvalue weighted by Crippen LogP contribution is -2.38. The zero-order chi connectivity index (χ0) is 15.5. The molecule has 0 saturated carbocycles. The molecule has 1 aromatic carbocycles. The fourth-order valence-electron chi connectivity index (χ4n) is 1.85. The summed E-state index contributed by atoms with van der Waals surface area (Å²) in [4.78, 5) is 4.16. The Morgan fingerprint density at radius 2 is 2.05 bits per heavy atom. The summed E-state index contributed by atoms with van der Waals surface area (Å²) in [5.41, 5.74) is 0.701. The van der Waals surface area contributed by atoms with Crippen molar-refractivity contribution in [2.75, 3.05) is 32.1 Å². The molecule has 0 fully saturated rings. The Morgan fingerprint density at radius 3 is 2.76 bits per heavy atom. The van der Waals surface area contributed by atoms with E-state index in [1.807, 2.05) is 17.8 Å². The van der Waals surface area contributed by atoms with E-state index >= 15 is 0 Å². The van der Waals surface area contributed by atoms with Gasteiger partial charge in [-0.15, -0.1) is 0 Å². The van der Waals surface area contributed by atoms with Gasteiger partial charge in [0.25, 0.3) is 0 Å². The molecule has 0 atom stereocenters. The zero-order valence-electron chi connectivity index (χ0n) is 12.6. The third-order valence-electron chi connectivity index (χ3n) is 2.99. The molecule has 1 rings (SSSR count). The van der Waals surface area contributed by atoms with Crippen molar-refractivity contribution >= 4 is 33.7 Å². The van der Waals surface area contributed by atoms with Crippen molar-refractivity contribution in [3.05, 3.63) is 34.1 Å². The van der Waals surface area contributed by atoms with E-state index < -0.39 is 0 Å². The number of thioether (sulfide) groups is 1. The van der Waals surface area contributed by atoms with Crippen molar-refractivity contribution < 1.29 is 4.39 Å². The highest BCUT2D eigenvalue weighted by Crippen LogP contribution is 2.15. The van der Waals surface area contributed by atoms with Crippen molar-refractivity contribution in [2.24, 2.45) is 4.99 Å². The van der Waals surface area contributed by atoms with Gasteiger partial charge in [0.15, 0.2) is 5.96 Å². The molecule has 0 spiro atoms. The van der Waals surface area contributed by atoms with Crippen molar-refractivity contribution in [3.63, 3.8) is 0 Å². The first-order chi connectivity index (χ1) is 10.2. The molecule has 0 aromatic heterocycles. The Hall–Kier alpha value is -0.750. The summed E-state index contributed by atoms with van der Waals surface area (Å²) in [5.74, 6) is 1.80. The topological polar surface area (TPSA) is 36.4 Å². The van der Waals surface area contributed by atoms with Crippen molar-refractivity contribution in [1.82, 2.24) is 10.6 Å². The van der Waals surface area contributed by atoms with Crippen LogP contribution in [0.1, 0.15) is 18.4 Å². The van der Waals surface area contributed by atoms with Crippen LogP contribution in [0.2, 0.25) is 0 Å². The lowest BCUT2D eigenvalue weighted by molar-refractivity contribution is 0.606. The Balaban J connectivity index is 2.27. The lowest BCUT2D eigenvalue weighted by Gasteiger charge is -2.12. The van der Waals surface area contributed by atoms with Crippen LogP contribution in [0.15, 0.2) is 27.7 Å². The van der Waals surface area contributed by atoms with E-state index in [9.17, 15) is 4.39 Å². The first kappa shape index (κ1) is 18.3. The second-order valence-electron chi connectivity index (χ2n) is 4.61. The Morgan fingerprint density at radius 1 is 1.29 bits per heavy atom. The Bertz CT molecular complexity index is 455. The van der Waals surface area contributed by atoms with E-state index in [2.05, 4.69) is 37.8 Å². The Kier molecular flexibility index (Phi) is 9.50. The highest BCUT2D eigenvalue weighted by Gasteiger charge is 2.03. The standard InChI is InChI=1S/C15H23BrFN3S/c1-18-15(19-8-3-4-10-21-2)20-9-7-12-11-13(16)5-6-14(12)17/h5-6,11H,3-4,7-10H2,1-2H3,(H2,18,19,20). The van der Waals surface area contributed by atoms with E-state index in [-0.39, 0.29) is 5.82 Å². The van der Waals surface area contributed by atoms with E-state index in [1.165, 1.54) is 18.2 Å². The van der Waals surface area contributed by atoms with Gasteiger partial charge in [0, 0.05) is 24.6 Å². The molecule has 0 aliphatic rings. The summed E-state index contributed by atoms with van der Waals surface area (Å²) in [6, 6.07) is 5.01. The van der Waals surface area contributed by atoms with E-state index in [1.54, 1.807) is 13.1 Å². The second-order valence-corrected chi connectivity index (χ2v) is 6.51. The van der Waals surface area contributed by atoms with Crippen LogP contribution in [-0.4, -0.2) is 38.1 Å². The van der Waals surface area contributed by atoms with Gasteiger partial charge in [0.05, 0.1) is 0 Å². The summed E-state index contributed by atoms with van der Waals surface area (Å²) >= 11 is 5.23. The zero-order valence-corrected chi connectivity index (χ0v) is 15.0. The molecule has 0 saturated heterocycles. The SMILES string of the molecule is CN=C(NCCCCSC)NCCc1cc(Br)ccc1F. The number of hydrogen-bond donors (Lipinski definition) is 2. The maximum Gasteiger partial charge on any atom is 0.190 e. The quantitative estimate of drug-likeness (QED) is 0.415. The predicted molar refractivity (Wildman–Crippen MR) is 94.8 cm³/mol. The maximum atomic E-state index is 13.6. The molecule has 0 heterocycles. The van der Waals surface area contributed by atoms with Crippen LogP contribution in [0.3, 0.4) is 0 Å². The van der Waals surface area contributed by atoms with Gasteiger partial charge in [0.1, 0.15) is 5.82 Å². The van der Waals surface area contributed by atoms with Crippen LogP contribution in [0.4, 0.5) is 4.39 Å². The number of hydrogen-bond acceptors (Lipinski definition) is 2. The number of unbranched alkanes of at least 4 members (excludes halogenated alkanes) is 1. The molecule has 0 bridgehead atoms. The van der Waals surface area contributed by atoms with Crippen LogP contribution in [0, 0.1) is 5.82 Å². The summed E-state index contributed by atoms with van der Waals surface area (Å²) in [6.45, 7) is 1.56. The lowest BCUT2D eigenvalue weighted by atomic mass is 10.1. The number of nitrogens with one attached hydrogen (secondary N) is 2. The maximum absolute atomic E-state index is 13.6. The van der Waals surface area contributed by atoms with Crippen molar-refractivity contribution in [3.8, 4) is 0 Å². The first-order valence-electron chi connectivity index (χ1n) is 7.04. The normalized spacial score (nSPS) is 11.5. The summed E-state index contributed by atoms with van der Waals surface area (Å²) in [7, 11) is 1.75. The van der Waals surface area contributed by atoms with E-state index in [0.29, 0.717) is 18.5 Å². The molecular formula is C15H23BrFN3S. The Labute approximate surface area is 139 Å². The molecule has 6 heteroatoms. The van der Waals surface area contributed by atoms with Gasteiger partial charge >= 0.3 is 0 Å². The van der Waals surface area contributed by atoms with Gasteiger partial charge in [-0.05, 0) is 55.0 Å². The monoisotopic (exact) mass is 375 g/mol. The molecule has 0 aliphatic heterocycles. The molecule has 0 amide bonds. The van der Waals surface area contributed by atoms with Crippen LogP contribution < -0.4 is 10.6 Å². The molecule has 3 nitrogen and oxygen atoms in total. The minimum atomic E-state index is -0.167. The number of guanidine groups is 1. The second kappa shape index (κ2) is 10.9. The molecule has 21 heavy (non-hydrogen) atoms. The molecule has 0 radical (unpaired) electrons. The largest absolute Gasteiger partial charge is 0.356 e. The molecule has 0 unspecified atom stereocenters. The molecular weight excluding hydrogens is 353 g/mol. The first-order valence-corrected chi connectivity index (χ1v) is 9.23. The van der Waals surface area contributed by atoms with Gasteiger partial charge in [-0.2, -0.15) is 11.8 Å². The van der Waals surface area contributed by atoms with Gasteiger partial charge in [0.2, 0.25) is 0 Å². The fraction of sp³-hybridized carbons (Fsp3) is 0.533. The summed E-state index contributed by atoms with van der Waals surface area (Å²) in [5, 5.41) is 6.47. The number of benzene rings is 1. The van der Waals surface area contributed by atoms with Crippen LogP contribution in [-0.2, 0) is 6.42 Å². The molecule has 118 valence electrons. The molecule has 2 N–H and O–H groups in total. The van der Waals surface area contributed by atoms with Crippen molar-refractivity contribution in [1.29, 1.82) is 0 Å². The van der Waals surface area contributed by atoms with Crippen molar-refractivity contribution in [2.45, 2.75) is 19.3 Å². The summed E-state index contributed by atoms with van der Waals surface area (Å²) < 4.78 is 14.5. The van der Waals surface area contributed by atoms with Crippen LogP contribution in [0.25, 0.3) is 0 Å². The molecule has 1 aromatic rings. The third-order valence-corrected chi connectivity index (χ3v) is 4.18. The average Bonchev–Trinajstić information content (AvgIpc) is 2.48. The van der Waals surface area contributed by atoms with Crippen LogP contribution >= 0.6 is 27.7 Å². The summed E-state index contributed by atoms with van der Waals surface area (Å²) in [6.07, 6.45) is 5.07. The predicted octanol–water partition coefficient (Wildman–Crippen LogP) is 3.44. The van der Waals surface area contributed by atoms with E-state index in [0.717, 1.165) is 23.4 Å².